The summed E-state index contributed by atoms with van der Waals surface area (Å²) in [7, 11) is 0. The number of ketones is 1. The van der Waals surface area contributed by atoms with Crippen LogP contribution in [0.1, 0.15) is 93.4 Å². The van der Waals surface area contributed by atoms with Gasteiger partial charge in [0.15, 0.2) is 5.78 Å². The molecule has 5 aliphatic rings. The molecule has 6 nitrogen and oxygen atoms in total. The third-order valence-electron chi connectivity index (χ3n) is 12.3. The molecule has 9 atom stereocenters. The highest BCUT2D eigenvalue weighted by atomic mass is 16.3. The molecule has 0 aromatic rings. The van der Waals surface area contributed by atoms with E-state index in [9.17, 15) is 19.8 Å². The molecule has 5 rings (SSSR count). The van der Waals surface area contributed by atoms with Gasteiger partial charge in [0.25, 0.3) is 0 Å². The van der Waals surface area contributed by atoms with E-state index in [0.717, 1.165) is 44.1 Å². The lowest BCUT2D eigenvalue weighted by atomic mass is 9.35. The molecule has 3 fully saturated rings. The van der Waals surface area contributed by atoms with Gasteiger partial charge in [-0.05, 0) is 98.4 Å². The van der Waals surface area contributed by atoms with E-state index in [4.69, 9.17) is 6.57 Å². The molecule has 0 bridgehead atoms. The minimum absolute atomic E-state index is 0.0150. The molecule has 0 aromatic carbocycles. The highest BCUT2D eigenvalue weighted by Crippen LogP contribution is 2.73. The van der Waals surface area contributed by atoms with Crippen molar-refractivity contribution in [2.24, 2.45) is 51.2 Å². The van der Waals surface area contributed by atoms with Crippen molar-refractivity contribution in [3.05, 3.63) is 34.5 Å². The molecule has 0 radical (unpaired) electrons. The third-order valence-corrected chi connectivity index (χ3v) is 12.3. The predicted molar refractivity (Wildman–Crippen MR) is 147 cm³/mol. The second-order valence-electron chi connectivity index (χ2n) is 14.9. The normalized spacial score (nSPS) is 47.5. The molecule has 3 N–H and O–H groups in total. The second kappa shape index (κ2) is 8.43. The fourth-order valence-corrected chi connectivity index (χ4v) is 10.5. The van der Waals surface area contributed by atoms with Gasteiger partial charge in [0.2, 0.25) is 11.6 Å². The lowest BCUT2D eigenvalue weighted by molar-refractivity contribution is -0.169. The number of carbonyl (C=O) groups excluding carboxylic acids is 2. The van der Waals surface area contributed by atoms with Gasteiger partial charge in [0.1, 0.15) is 11.4 Å². The molecule has 1 amide bonds. The maximum atomic E-state index is 14.3. The van der Waals surface area contributed by atoms with Gasteiger partial charge < -0.3 is 15.5 Å². The average Bonchev–Trinajstić information content (AvgIpc) is 2.82. The number of rotatable bonds is 2. The van der Waals surface area contributed by atoms with Crippen molar-refractivity contribution in [3.8, 4) is 0 Å². The topological polar surface area (TPSA) is 91.0 Å². The summed E-state index contributed by atoms with van der Waals surface area (Å²) >= 11 is 0. The first kappa shape index (κ1) is 27.4. The molecule has 0 saturated heterocycles. The summed E-state index contributed by atoms with van der Waals surface area (Å²) in [5.41, 5.74) is -1.36. The monoisotopic (exact) mass is 522 g/mol. The number of aliphatic hydroxyl groups excluding tert-OH is 1. The molecule has 0 aliphatic heterocycles. The molecule has 1 unspecified atom stereocenters. The molecule has 208 valence electrons. The molecule has 0 heterocycles. The van der Waals surface area contributed by atoms with Crippen molar-refractivity contribution in [1.29, 1.82) is 0 Å². The number of amides is 1. The quantitative estimate of drug-likeness (QED) is 0.389. The Morgan fingerprint density at radius 3 is 2.42 bits per heavy atom. The van der Waals surface area contributed by atoms with E-state index < -0.39 is 11.0 Å². The highest BCUT2D eigenvalue weighted by molar-refractivity contribution is 5.95. The minimum Gasteiger partial charge on any atom is -0.521 e. The van der Waals surface area contributed by atoms with E-state index in [1.807, 2.05) is 13.0 Å². The zero-order valence-corrected chi connectivity index (χ0v) is 24.3. The third kappa shape index (κ3) is 3.46. The summed E-state index contributed by atoms with van der Waals surface area (Å²) in [6.45, 7) is 23.2. The van der Waals surface area contributed by atoms with Crippen molar-refractivity contribution < 1.29 is 19.8 Å². The molecule has 3 saturated carbocycles. The van der Waals surface area contributed by atoms with Crippen molar-refractivity contribution in [3.63, 3.8) is 0 Å². The summed E-state index contributed by atoms with van der Waals surface area (Å²) in [4.78, 5) is 31.2. The van der Waals surface area contributed by atoms with Gasteiger partial charge in [-0.15, -0.1) is 0 Å². The molecular formula is C32H46N2O4. The van der Waals surface area contributed by atoms with Crippen LogP contribution in [-0.2, 0) is 9.59 Å². The summed E-state index contributed by atoms with van der Waals surface area (Å²) in [5.74, 6) is 0.00919. The van der Waals surface area contributed by atoms with Crippen LogP contribution >= 0.6 is 0 Å². The first-order chi connectivity index (χ1) is 17.6. The molecule has 38 heavy (non-hydrogen) atoms. The maximum absolute atomic E-state index is 14.3. The Morgan fingerprint density at radius 2 is 1.79 bits per heavy atom. The van der Waals surface area contributed by atoms with E-state index in [1.165, 1.54) is 0 Å². The summed E-state index contributed by atoms with van der Waals surface area (Å²) in [6.07, 6.45) is 7.44. The standard InChI is InChI=1S/C32H46N2O4/c1-9-34-27(37)20-16-28(2,3)15-19-18(20)10-12-31(6)25(19)22(35)14-24-29(4)17-21(33-8)26(36)32(7,38)23(29)11-13-30(24,31)5/h14,18-20,23,25,36,38H,9-13,15-17H2,1-7H3,(H,34,37)/t18?,19-,20-,23-,25+,29+,30-,31-,32+/m1/s1. The fraction of sp³-hybridized carbons (Fsp3) is 0.781. The first-order valence-corrected chi connectivity index (χ1v) is 14.6. The van der Waals surface area contributed by atoms with Crippen LogP contribution in [0.15, 0.2) is 23.1 Å². The van der Waals surface area contributed by atoms with Crippen LogP contribution in [0, 0.1) is 57.8 Å². The zero-order valence-electron chi connectivity index (χ0n) is 24.3. The lowest BCUT2D eigenvalue weighted by Crippen LogP contribution is -2.64. The number of carbonyl (C=O) groups is 2. The van der Waals surface area contributed by atoms with E-state index in [0.29, 0.717) is 13.0 Å². The van der Waals surface area contributed by atoms with Gasteiger partial charge >= 0.3 is 0 Å². The van der Waals surface area contributed by atoms with E-state index in [1.54, 1.807) is 6.92 Å². The number of nitrogens with one attached hydrogen (secondary N) is 1. The molecule has 0 spiro atoms. The Labute approximate surface area is 228 Å². The summed E-state index contributed by atoms with van der Waals surface area (Å²) < 4.78 is 0. The van der Waals surface area contributed by atoms with Gasteiger partial charge in [-0.1, -0.05) is 40.2 Å². The Kier molecular flexibility index (Phi) is 6.09. The minimum atomic E-state index is -1.50. The highest BCUT2D eigenvalue weighted by Gasteiger charge is 2.69. The predicted octanol–water partition coefficient (Wildman–Crippen LogP) is 5.98. The molecule has 5 aliphatic carbocycles. The number of nitrogens with zero attached hydrogens (tertiary/aromatic N) is 1. The fourth-order valence-electron chi connectivity index (χ4n) is 10.5. The maximum Gasteiger partial charge on any atom is 0.223 e. The molecular weight excluding hydrogens is 476 g/mol. The lowest BCUT2D eigenvalue weighted by Gasteiger charge is -2.68. The van der Waals surface area contributed by atoms with E-state index >= 15 is 0 Å². The first-order valence-electron chi connectivity index (χ1n) is 14.6. The zero-order chi connectivity index (χ0) is 28.1. The van der Waals surface area contributed by atoms with Crippen LogP contribution in [0.3, 0.4) is 0 Å². The van der Waals surface area contributed by atoms with Crippen LogP contribution in [0.4, 0.5) is 0 Å². The van der Waals surface area contributed by atoms with Crippen molar-refractivity contribution in [1.82, 2.24) is 5.32 Å². The number of aliphatic hydroxyl groups is 2. The van der Waals surface area contributed by atoms with Gasteiger partial charge in [-0.3, -0.25) is 9.59 Å². The molecule has 0 aromatic heterocycles. The van der Waals surface area contributed by atoms with Crippen LogP contribution in [0.25, 0.3) is 4.85 Å². The Balaban J connectivity index is 1.62. The van der Waals surface area contributed by atoms with Crippen molar-refractivity contribution >= 4 is 11.7 Å². The Bertz CT molecular complexity index is 1170. The van der Waals surface area contributed by atoms with E-state index in [2.05, 4.69) is 44.8 Å². The van der Waals surface area contributed by atoms with Crippen molar-refractivity contribution in [2.45, 2.75) is 99.0 Å². The van der Waals surface area contributed by atoms with Crippen LogP contribution in [0.2, 0.25) is 0 Å². The smallest absolute Gasteiger partial charge is 0.223 e. The largest absolute Gasteiger partial charge is 0.521 e. The van der Waals surface area contributed by atoms with Gasteiger partial charge in [0, 0.05) is 24.3 Å². The summed E-state index contributed by atoms with van der Waals surface area (Å²) in [5, 5.41) is 25.3. The number of allylic oxidation sites excluding steroid dienone is 3. The SMILES string of the molecule is [C-]#[N+]C1=C(O)[C@@](C)(O)[C@@H]2CC[C@]3(C)C(=CC(=O)[C@@H]4[C@@H]5CC(C)(C)C[C@@H](C(=O)NCC)C5CC[C@]43C)[C@@]2(C)C1. The van der Waals surface area contributed by atoms with Gasteiger partial charge in [0.05, 0.1) is 6.57 Å². The Hall–Kier alpha value is -2.13. The van der Waals surface area contributed by atoms with Crippen LogP contribution in [-0.4, -0.2) is 34.0 Å². The van der Waals surface area contributed by atoms with Crippen LogP contribution in [0.5, 0.6) is 0 Å². The van der Waals surface area contributed by atoms with Gasteiger partial charge in [-0.2, -0.15) is 0 Å². The second-order valence-corrected chi connectivity index (χ2v) is 14.9. The number of hydrogen-bond acceptors (Lipinski definition) is 4. The van der Waals surface area contributed by atoms with Crippen LogP contribution < -0.4 is 5.32 Å². The number of hydrogen-bond donors (Lipinski definition) is 3. The average molecular weight is 523 g/mol. The number of fused-ring (bicyclic) bond motifs is 7. The Morgan fingerprint density at radius 1 is 1.11 bits per heavy atom. The molecule has 6 heteroatoms. The van der Waals surface area contributed by atoms with Crippen molar-refractivity contribution in [2.75, 3.05) is 6.54 Å². The van der Waals surface area contributed by atoms with Gasteiger partial charge in [-0.25, -0.2) is 4.85 Å². The summed E-state index contributed by atoms with van der Waals surface area (Å²) in [6, 6.07) is 0. The van der Waals surface area contributed by atoms with E-state index in [-0.39, 0.29) is 69.0 Å².